The molecule has 1 aromatic carbocycles. The van der Waals surface area contributed by atoms with Gasteiger partial charge >= 0.3 is 12.4 Å². The Bertz CT molecular complexity index is 1250. The maximum absolute atomic E-state index is 13.2. The van der Waals surface area contributed by atoms with Crippen LogP contribution in [0.4, 0.5) is 43.9 Å². The molecule has 1 aliphatic carbocycles. The van der Waals surface area contributed by atoms with E-state index in [2.05, 4.69) is 27.1 Å². The highest BCUT2D eigenvalue weighted by Gasteiger charge is 2.43. The van der Waals surface area contributed by atoms with Gasteiger partial charge in [-0.3, -0.25) is 4.99 Å². The van der Waals surface area contributed by atoms with Gasteiger partial charge in [0.2, 0.25) is 11.9 Å². The average Bonchev–Trinajstić information content (AvgIpc) is 3.39. The molecular formula is C26H29F6N7. The molecule has 3 heterocycles. The fourth-order valence-electron chi connectivity index (χ4n) is 5.83. The van der Waals surface area contributed by atoms with Gasteiger partial charge in [0.15, 0.2) is 0 Å². The molecule has 2 fully saturated rings. The summed E-state index contributed by atoms with van der Waals surface area (Å²) in [4.78, 5) is 11.7. The standard InChI is InChI=1S/C26H29F6N7/c1-3-19(13-21(33-2)26(30,31)32)37-14-16-5-6-17(15-37)22(16)34-23-35-24-38(11-4-12-39(24)36-23)20-9-7-18(8-10-20)25(27,28)29/h3,7-10,13,16-17,22H,2,4-6,11-12,14-15H2,1H3,(H,34,36)/b19-3+,21-13-/t16-,17+,22?. The maximum Gasteiger partial charge on any atom is 0.433 e. The normalized spacial score (nSPS) is 24.1. The number of likely N-dealkylation sites (tertiary alicyclic amines) is 1. The number of nitrogens with one attached hydrogen (secondary N) is 1. The lowest BCUT2D eigenvalue weighted by Crippen LogP contribution is -2.47. The van der Waals surface area contributed by atoms with Crippen molar-refractivity contribution in [1.82, 2.24) is 19.7 Å². The number of piperidine rings is 1. The fraction of sp³-hybridized carbons (Fsp3) is 0.500. The first-order chi connectivity index (χ1) is 18.5. The van der Waals surface area contributed by atoms with E-state index in [-0.39, 0.29) is 17.9 Å². The number of aromatic nitrogens is 3. The van der Waals surface area contributed by atoms with Crippen molar-refractivity contribution in [1.29, 1.82) is 0 Å². The fourth-order valence-corrected chi connectivity index (χ4v) is 5.83. The number of rotatable bonds is 6. The van der Waals surface area contributed by atoms with Crippen LogP contribution in [-0.2, 0) is 12.7 Å². The molecule has 0 radical (unpaired) electrons. The number of aliphatic imine (C=N–C) groups is 1. The summed E-state index contributed by atoms with van der Waals surface area (Å²) in [7, 11) is 0. The Labute approximate surface area is 221 Å². The molecule has 39 heavy (non-hydrogen) atoms. The molecule has 2 bridgehead atoms. The van der Waals surface area contributed by atoms with Gasteiger partial charge in [-0.25, -0.2) is 4.68 Å². The van der Waals surface area contributed by atoms with Crippen LogP contribution in [0.2, 0.25) is 0 Å². The van der Waals surface area contributed by atoms with E-state index in [1.165, 1.54) is 12.1 Å². The van der Waals surface area contributed by atoms with Crippen LogP contribution in [0.3, 0.4) is 0 Å². The molecule has 1 N–H and O–H groups in total. The molecule has 13 heteroatoms. The third-order valence-electron chi connectivity index (χ3n) is 7.69. The molecule has 2 aliphatic heterocycles. The minimum absolute atomic E-state index is 0.0620. The van der Waals surface area contributed by atoms with Gasteiger partial charge in [-0.05, 0) is 75.1 Å². The number of aryl methyl sites for hydroxylation is 1. The highest BCUT2D eigenvalue weighted by atomic mass is 19.4. The Kier molecular flexibility index (Phi) is 7.10. The van der Waals surface area contributed by atoms with Gasteiger partial charge in [0.1, 0.15) is 5.70 Å². The number of allylic oxidation sites excluding steroid dienone is 3. The zero-order chi connectivity index (χ0) is 27.9. The van der Waals surface area contributed by atoms with Crippen LogP contribution in [0.25, 0.3) is 0 Å². The first-order valence-corrected chi connectivity index (χ1v) is 12.8. The van der Waals surface area contributed by atoms with Crippen molar-refractivity contribution in [3.8, 4) is 0 Å². The zero-order valence-corrected chi connectivity index (χ0v) is 21.3. The molecule has 3 aliphatic rings. The Balaban J connectivity index is 1.30. The highest BCUT2D eigenvalue weighted by Crippen LogP contribution is 2.41. The van der Waals surface area contributed by atoms with Crippen molar-refractivity contribution >= 4 is 24.3 Å². The molecule has 7 nitrogen and oxygen atoms in total. The third-order valence-corrected chi connectivity index (χ3v) is 7.69. The number of anilines is 3. The summed E-state index contributed by atoms with van der Waals surface area (Å²) in [5, 5.41) is 8.08. The number of halogens is 6. The van der Waals surface area contributed by atoms with Gasteiger partial charge in [0, 0.05) is 43.6 Å². The third kappa shape index (κ3) is 5.48. The Morgan fingerprint density at radius 2 is 1.72 bits per heavy atom. The second kappa shape index (κ2) is 10.2. The quantitative estimate of drug-likeness (QED) is 0.270. The maximum atomic E-state index is 13.2. The topological polar surface area (TPSA) is 61.6 Å². The van der Waals surface area contributed by atoms with Crippen molar-refractivity contribution in [2.75, 3.05) is 29.9 Å². The smallest absolute Gasteiger partial charge is 0.371 e. The van der Waals surface area contributed by atoms with Gasteiger partial charge in [-0.15, -0.1) is 5.10 Å². The molecule has 1 aromatic heterocycles. The van der Waals surface area contributed by atoms with Gasteiger partial charge in [-0.1, -0.05) is 6.08 Å². The van der Waals surface area contributed by atoms with Gasteiger partial charge in [0.25, 0.3) is 0 Å². The molecule has 2 aromatic rings. The Hall–Kier alpha value is -3.51. The predicted molar refractivity (Wildman–Crippen MR) is 136 cm³/mol. The van der Waals surface area contributed by atoms with Crippen LogP contribution in [0.1, 0.15) is 31.7 Å². The van der Waals surface area contributed by atoms with E-state index >= 15 is 0 Å². The molecule has 3 atom stereocenters. The van der Waals surface area contributed by atoms with Crippen molar-refractivity contribution in [2.45, 2.75) is 51.1 Å². The van der Waals surface area contributed by atoms with Crippen LogP contribution in [0.15, 0.2) is 52.8 Å². The summed E-state index contributed by atoms with van der Waals surface area (Å²) in [6.45, 7) is 7.18. The van der Waals surface area contributed by atoms with E-state index in [1.54, 1.807) is 17.7 Å². The lowest BCUT2D eigenvalue weighted by atomic mass is 9.91. The van der Waals surface area contributed by atoms with Gasteiger partial charge < -0.3 is 15.1 Å². The summed E-state index contributed by atoms with van der Waals surface area (Å²) >= 11 is 0. The molecule has 210 valence electrons. The molecule has 0 amide bonds. The van der Waals surface area contributed by atoms with Gasteiger partial charge in [0.05, 0.1) is 5.56 Å². The monoisotopic (exact) mass is 553 g/mol. The minimum atomic E-state index is -4.57. The molecular weight excluding hydrogens is 524 g/mol. The summed E-state index contributed by atoms with van der Waals surface area (Å²) in [5.74, 6) is 1.38. The number of hydrogen-bond acceptors (Lipinski definition) is 6. The summed E-state index contributed by atoms with van der Waals surface area (Å²) in [5.41, 5.74) is -0.655. The van der Waals surface area contributed by atoms with Crippen LogP contribution in [-0.4, -0.2) is 58.2 Å². The number of fused-ring (bicyclic) bond motifs is 3. The largest absolute Gasteiger partial charge is 0.433 e. The number of nitrogens with zero attached hydrogens (tertiary/aromatic N) is 6. The van der Waals surface area contributed by atoms with Crippen LogP contribution < -0.4 is 10.2 Å². The molecule has 1 saturated heterocycles. The number of alkyl halides is 6. The van der Waals surface area contributed by atoms with E-state index in [9.17, 15) is 26.3 Å². The second-order valence-corrected chi connectivity index (χ2v) is 10.1. The summed E-state index contributed by atoms with van der Waals surface area (Å²) in [6, 6.07) is 5.07. The summed E-state index contributed by atoms with van der Waals surface area (Å²) < 4.78 is 80.4. The van der Waals surface area contributed by atoms with Crippen molar-refractivity contribution in [2.24, 2.45) is 16.8 Å². The zero-order valence-electron chi connectivity index (χ0n) is 21.3. The number of benzene rings is 1. The van der Waals surface area contributed by atoms with E-state index < -0.39 is 23.6 Å². The van der Waals surface area contributed by atoms with Gasteiger partial charge in [-0.2, -0.15) is 31.3 Å². The van der Waals surface area contributed by atoms with Crippen molar-refractivity contribution < 1.29 is 26.3 Å². The average molecular weight is 554 g/mol. The van der Waals surface area contributed by atoms with Crippen LogP contribution in [0, 0.1) is 11.8 Å². The summed E-state index contributed by atoms with van der Waals surface area (Å²) in [6.07, 6.45) is -3.66. The highest BCUT2D eigenvalue weighted by molar-refractivity contribution is 5.60. The Morgan fingerprint density at radius 1 is 1.05 bits per heavy atom. The van der Waals surface area contributed by atoms with Crippen LogP contribution >= 0.6 is 0 Å². The SMILES string of the molecule is C=N/C(=C\C(=C/C)N1C[C@H]2CC[C@@H](C1)C2Nc1nc2n(n1)CCCN2c1ccc(C(F)(F)F)cc1)C(F)(F)F. The predicted octanol–water partition coefficient (Wildman–Crippen LogP) is 6.01. The molecule has 0 spiro atoms. The van der Waals surface area contributed by atoms with Crippen molar-refractivity contribution in [3.63, 3.8) is 0 Å². The van der Waals surface area contributed by atoms with E-state index in [4.69, 9.17) is 0 Å². The lowest BCUT2D eigenvalue weighted by molar-refractivity contribution is -0.137. The van der Waals surface area contributed by atoms with Crippen LogP contribution in [0.5, 0.6) is 0 Å². The molecule has 1 saturated carbocycles. The molecule has 1 unspecified atom stereocenters. The molecule has 5 rings (SSSR count). The van der Waals surface area contributed by atoms with Crippen molar-refractivity contribution in [3.05, 3.63) is 53.4 Å². The first-order valence-electron chi connectivity index (χ1n) is 12.8. The first kappa shape index (κ1) is 27.1. The van der Waals surface area contributed by atoms with E-state index in [1.807, 2.05) is 9.80 Å². The lowest BCUT2D eigenvalue weighted by Gasteiger charge is -2.40. The Morgan fingerprint density at radius 3 is 2.28 bits per heavy atom. The number of hydrogen-bond donors (Lipinski definition) is 1. The van der Waals surface area contributed by atoms with E-state index in [0.29, 0.717) is 49.5 Å². The minimum Gasteiger partial charge on any atom is -0.371 e. The second-order valence-electron chi connectivity index (χ2n) is 10.1. The van der Waals surface area contributed by atoms with E-state index in [0.717, 1.165) is 37.5 Å².